The van der Waals surface area contributed by atoms with Crippen molar-refractivity contribution in [2.75, 3.05) is 11.9 Å². The van der Waals surface area contributed by atoms with Crippen molar-refractivity contribution in [3.8, 4) is 0 Å². The van der Waals surface area contributed by atoms with Gasteiger partial charge in [0.05, 0.1) is 12.2 Å². The first-order valence-electron chi connectivity index (χ1n) is 7.99. The fraction of sp³-hybridized carbons (Fsp3) is 0.412. The average Bonchev–Trinajstić information content (AvgIpc) is 2.99. The normalized spacial score (nSPS) is 11.9. The summed E-state index contributed by atoms with van der Waals surface area (Å²) < 4.78 is 1.77. The van der Waals surface area contributed by atoms with Crippen LogP contribution >= 0.6 is 0 Å². The number of hydrogen-bond acceptors (Lipinski definition) is 3. The van der Waals surface area contributed by atoms with Crippen molar-refractivity contribution in [1.82, 2.24) is 15.1 Å². The lowest BCUT2D eigenvalue weighted by Crippen LogP contribution is -2.33. The maximum Gasteiger partial charge on any atom is 0.320 e. The van der Waals surface area contributed by atoms with E-state index in [0.29, 0.717) is 18.7 Å². The van der Waals surface area contributed by atoms with Crippen LogP contribution in [0.1, 0.15) is 37.8 Å². The SMILES string of the molecule is CCCn1nccc1NC(=O)NC(CCCO)c1ccccc1. The highest BCUT2D eigenvalue weighted by atomic mass is 16.3. The molecule has 1 atom stereocenters. The van der Waals surface area contributed by atoms with Gasteiger partial charge in [0.2, 0.25) is 0 Å². The smallest absolute Gasteiger partial charge is 0.320 e. The van der Waals surface area contributed by atoms with E-state index in [0.717, 1.165) is 18.5 Å². The van der Waals surface area contributed by atoms with Gasteiger partial charge in [0.25, 0.3) is 0 Å². The van der Waals surface area contributed by atoms with Crippen LogP contribution < -0.4 is 10.6 Å². The number of carbonyl (C=O) groups is 1. The van der Waals surface area contributed by atoms with Crippen LogP contribution in [0.2, 0.25) is 0 Å². The van der Waals surface area contributed by atoms with Crippen LogP contribution in [0.25, 0.3) is 0 Å². The lowest BCUT2D eigenvalue weighted by Gasteiger charge is -2.19. The summed E-state index contributed by atoms with van der Waals surface area (Å²) in [5.74, 6) is 0.679. The Morgan fingerprint density at radius 1 is 1.30 bits per heavy atom. The Balaban J connectivity index is 2.01. The number of hydrogen-bond donors (Lipinski definition) is 3. The van der Waals surface area contributed by atoms with E-state index in [-0.39, 0.29) is 18.7 Å². The van der Waals surface area contributed by atoms with Crippen LogP contribution in [-0.2, 0) is 6.54 Å². The predicted molar refractivity (Wildman–Crippen MR) is 90.2 cm³/mol. The summed E-state index contributed by atoms with van der Waals surface area (Å²) in [5, 5.41) is 19.1. The van der Waals surface area contributed by atoms with Gasteiger partial charge in [0.1, 0.15) is 5.82 Å². The molecule has 2 amide bonds. The number of nitrogens with zero attached hydrogens (tertiary/aromatic N) is 2. The Hall–Kier alpha value is -2.34. The van der Waals surface area contributed by atoms with Gasteiger partial charge in [0.15, 0.2) is 0 Å². The number of benzene rings is 1. The molecule has 3 N–H and O–H groups in total. The number of aryl methyl sites for hydroxylation is 1. The number of rotatable bonds is 8. The summed E-state index contributed by atoms with van der Waals surface area (Å²) in [7, 11) is 0. The van der Waals surface area contributed by atoms with Crippen LogP contribution in [0.5, 0.6) is 0 Å². The number of carbonyl (C=O) groups excluding carboxylic acids is 1. The van der Waals surface area contributed by atoms with Crippen molar-refractivity contribution in [3.63, 3.8) is 0 Å². The lowest BCUT2D eigenvalue weighted by molar-refractivity contribution is 0.243. The summed E-state index contributed by atoms with van der Waals surface area (Å²) in [5.41, 5.74) is 1.03. The summed E-state index contributed by atoms with van der Waals surface area (Å²) in [6.45, 7) is 2.93. The third-order valence-corrected chi connectivity index (χ3v) is 3.55. The van der Waals surface area contributed by atoms with Gasteiger partial charge < -0.3 is 10.4 Å². The second kappa shape index (κ2) is 8.95. The van der Waals surface area contributed by atoms with Crippen LogP contribution in [0, 0.1) is 0 Å². The molecule has 1 aromatic carbocycles. The van der Waals surface area contributed by atoms with Crippen molar-refractivity contribution >= 4 is 11.8 Å². The molecule has 2 rings (SSSR count). The molecular formula is C17H24N4O2. The summed E-state index contributed by atoms with van der Waals surface area (Å²) in [4.78, 5) is 12.3. The first kappa shape index (κ1) is 17.0. The Morgan fingerprint density at radius 3 is 2.78 bits per heavy atom. The first-order chi connectivity index (χ1) is 11.2. The van der Waals surface area contributed by atoms with Crippen LogP contribution in [0.3, 0.4) is 0 Å². The zero-order chi connectivity index (χ0) is 16.5. The molecule has 124 valence electrons. The number of amides is 2. The minimum atomic E-state index is -0.269. The van der Waals surface area contributed by atoms with E-state index in [2.05, 4.69) is 22.7 Å². The van der Waals surface area contributed by atoms with Gasteiger partial charge in [-0.1, -0.05) is 37.3 Å². The molecule has 23 heavy (non-hydrogen) atoms. The van der Waals surface area contributed by atoms with Gasteiger partial charge in [-0.05, 0) is 24.8 Å². The zero-order valence-electron chi connectivity index (χ0n) is 13.4. The standard InChI is InChI=1S/C17H24N4O2/c1-2-12-21-16(10-11-18-21)20-17(23)19-15(9-6-13-22)14-7-4-3-5-8-14/h3-5,7-8,10-11,15,22H,2,6,9,12-13H2,1H3,(H2,19,20,23). The highest BCUT2D eigenvalue weighted by molar-refractivity contribution is 5.88. The maximum atomic E-state index is 12.3. The highest BCUT2D eigenvalue weighted by Gasteiger charge is 2.15. The third kappa shape index (κ3) is 5.10. The van der Waals surface area contributed by atoms with Gasteiger partial charge in [0, 0.05) is 19.2 Å². The first-order valence-corrected chi connectivity index (χ1v) is 7.99. The molecule has 0 saturated carbocycles. The molecule has 0 bridgehead atoms. The number of nitrogens with one attached hydrogen (secondary N) is 2. The van der Waals surface area contributed by atoms with Gasteiger partial charge in [-0.2, -0.15) is 5.10 Å². The molecule has 6 nitrogen and oxygen atoms in total. The van der Waals surface area contributed by atoms with Crippen LogP contribution in [0.4, 0.5) is 10.6 Å². The van der Waals surface area contributed by atoms with E-state index in [1.165, 1.54) is 0 Å². The largest absolute Gasteiger partial charge is 0.396 e. The minimum Gasteiger partial charge on any atom is -0.396 e. The Morgan fingerprint density at radius 2 is 2.09 bits per heavy atom. The van der Waals surface area contributed by atoms with Gasteiger partial charge in [-0.3, -0.25) is 5.32 Å². The molecule has 0 aliphatic heterocycles. The summed E-state index contributed by atoms with van der Waals surface area (Å²) in [6.07, 6.45) is 3.93. The number of anilines is 1. The highest BCUT2D eigenvalue weighted by Crippen LogP contribution is 2.18. The van der Waals surface area contributed by atoms with Crippen molar-refractivity contribution in [3.05, 3.63) is 48.2 Å². The summed E-state index contributed by atoms with van der Waals surface area (Å²) in [6, 6.07) is 11.2. The predicted octanol–water partition coefficient (Wildman–Crippen LogP) is 2.93. The zero-order valence-corrected chi connectivity index (χ0v) is 13.4. The quantitative estimate of drug-likeness (QED) is 0.700. The van der Waals surface area contributed by atoms with E-state index >= 15 is 0 Å². The fourth-order valence-electron chi connectivity index (χ4n) is 2.44. The van der Waals surface area contributed by atoms with Crippen molar-refractivity contribution < 1.29 is 9.90 Å². The molecule has 2 aromatic rings. The fourth-order valence-corrected chi connectivity index (χ4v) is 2.44. The molecule has 6 heteroatoms. The Kier molecular flexibility index (Phi) is 6.62. The number of aliphatic hydroxyl groups is 1. The molecule has 0 saturated heterocycles. The van der Waals surface area contributed by atoms with Gasteiger partial charge >= 0.3 is 6.03 Å². The summed E-state index contributed by atoms with van der Waals surface area (Å²) >= 11 is 0. The minimum absolute atomic E-state index is 0.107. The molecule has 0 radical (unpaired) electrons. The number of aromatic nitrogens is 2. The Bertz CT molecular complexity index is 598. The third-order valence-electron chi connectivity index (χ3n) is 3.55. The van der Waals surface area contributed by atoms with E-state index in [4.69, 9.17) is 5.11 Å². The molecular weight excluding hydrogens is 292 g/mol. The second-order valence-corrected chi connectivity index (χ2v) is 5.37. The molecule has 1 unspecified atom stereocenters. The monoisotopic (exact) mass is 316 g/mol. The molecule has 0 fully saturated rings. The lowest BCUT2D eigenvalue weighted by atomic mass is 10.0. The van der Waals surface area contributed by atoms with Crippen molar-refractivity contribution in [2.24, 2.45) is 0 Å². The molecule has 1 heterocycles. The number of aliphatic hydroxyl groups excluding tert-OH is 1. The van der Waals surface area contributed by atoms with Gasteiger partial charge in [-0.25, -0.2) is 9.48 Å². The topological polar surface area (TPSA) is 79.2 Å². The van der Waals surface area contributed by atoms with E-state index in [9.17, 15) is 4.79 Å². The molecule has 0 spiro atoms. The van der Waals surface area contributed by atoms with Crippen LogP contribution in [0.15, 0.2) is 42.6 Å². The van der Waals surface area contributed by atoms with Gasteiger partial charge in [-0.15, -0.1) is 0 Å². The number of urea groups is 1. The van der Waals surface area contributed by atoms with Crippen LogP contribution in [-0.4, -0.2) is 27.5 Å². The molecule has 0 aliphatic carbocycles. The van der Waals surface area contributed by atoms with E-state index < -0.39 is 0 Å². The van der Waals surface area contributed by atoms with E-state index in [1.54, 1.807) is 16.9 Å². The second-order valence-electron chi connectivity index (χ2n) is 5.37. The van der Waals surface area contributed by atoms with Crippen molar-refractivity contribution in [1.29, 1.82) is 0 Å². The molecule has 1 aromatic heterocycles. The Labute approximate surface area is 136 Å². The van der Waals surface area contributed by atoms with Crippen molar-refractivity contribution in [2.45, 2.75) is 38.8 Å². The van der Waals surface area contributed by atoms with E-state index in [1.807, 2.05) is 30.3 Å². The maximum absolute atomic E-state index is 12.3. The molecule has 0 aliphatic rings. The average molecular weight is 316 g/mol.